The van der Waals surface area contributed by atoms with Gasteiger partial charge in [0.1, 0.15) is 4.90 Å². The molecule has 2 aromatic carbocycles. The first-order valence-corrected chi connectivity index (χ1v) is 12.5. The fourth-order valence-electron chi connectivity index (χ4n) is 4.22. The van der Waals surface area contributed by atoms with Crippen molar-refractivity contribution in [3.63, 3.8) is 0 Å². The number of hydrazine groups is 1. The molecule has 2 fully saturated rings. The zero-order chi connectivity index (χ0) is 21.7. The lowest BCUT2D eigenvalue weighted by Gasteiger charge is -2.33. The predicted octanol–water partition coefficient (Wildman–Crippen LogP) is 3.61. The first-order chi connectivity index (χ1) is 15.1. The number of carbonyl (C=O) groups is 1. The van der Waals surface area contributed by atoms with Crippen molar-refractivity contribution in [2.75, 3.05) is 36.5 Å². The molecule has 0 atom stereocenters. The van der Waals surface area contributed by atoms with Crippen LogP contribution in [0.5, 0.6) is 0 Å². The quantitative estimate of drug-likeness (QED) is 0.668. The van der Waals surface area contributed by atoms with Gasteiger partial charge in [0.25, 0.3) is 5.91 Å². The predicted molar refractivity (Wildman–Crippen MR) is 123 cm³/mol. The number of hydrogen-bond donors (Lipinski definition) is 2. The number of anilines is 2. The van der Waals surface area contributed by atoms with Crippen LogP contribution in [0.25, 0.3) is 0 Å². The van der Waals surface area contributed by atoms with Crippen LogP contribution in [-0.2, 0) is 10.0 Å². The smallest absolute Gasteiger partial charge is 0.269 e. The second-order valence-corrected chi connectivity index (χ2v) is 10.0. The Hall–Kier alpha value is -2.58. The van der Waals surface area contributed by atoms with Crippen LogP contribution in [-0.4, -0.2) is 44.8 Å². The Morgan fingerprint density at radius 3 is 2.13 bits per heavy atom. The van der Waals surface area contributed by atoms with Crippen LogP contribution in [0.4, 0.5) is 11.4 Å². The average Bonchev–Trinajstić information content (AvgIpc) is 2.84. The van der Waals surface area contributed by atoms with E-state index in [2.05, 4.69) is 15.8 Å². The minimum atomic E-state index is -3.67. The summed E-state index contributed by atoms with van der Waals surface area (Å²) >= 11 is 0. The molecule has 2 N–H and O–H groups in total. The molecular formula is C23H30N4O3S. The van der Waals surface area contributed by atoms with E-state index in [-0.39, 0.29) is 10.8 Å². The number of benzene rings is 2. The normalized spacial score (nSPS) is 17.9. The molecule has 8 heteroatoms. The Morgan fingerprint density at radius 2 is 1.45 bits per heavy atom. The molecule has 31 heavy (non-hydrogen) atoms. The maximum atomic E-state index is 13.6. The standard InChI is InChI=1S/C23H30N4O3S/c28-23(25-24-20-10-4-1-5-11-20)19-12-13-21(26-14-6-2-7-15-26)22(18-19)31(29,30)27-16-8-3-9-17-27/h1,4-5,10-13,18,24H,2-3,6-9,14-17H2,(H,25,28). The topological polar surface area (TPSA) is 81.8 Å². The van der Waals surface area contributed by atoms with Crippen LogP contribution < -0.4 is 15.8 Å². The molecule has 2 aromatic rings. The van der Waals surface area contributed by atoms with Gasteiger partial charge in [-0.25, -0.2) is 8.42 Å². The van der Waals surface area contributed by atoms with Gasteiger partial charge in [-0.15, -0.1) is 0 Å². The number of sulfonamides is 1. The Labute approximate surface area is 184 Å². The van der Waals surface area contributed by atoms with E-state index < -0.39 is 10.0 Å². The van der Waals surface area contributed by atoms with E-state index in [1.807, 2.05) is 30.3 Å². The first kappa shape index (κ1) is 21.6. The third-order valence-corrected chi connectivity index (χ3v) is 7.87. The second-order valence-electron chi connectivity index (χ2n) is 8.14. The highest BCUT2D eigenvalue weighted by molar-refractivity contribution is 7.89. The summed E-state index contributed by atoms with van der Waals surface area (Å²) in [7, 11) is -3.67. The number of hydrogen-bond acceptors (Lipinski definition) is 5. The van der Waals surface area contributed by atoms with Gasteiger partial charge in [0.05, 0.1) is 11.4 Å². The van der Waals surface area contributed by atoms with E-state index in [9.17, 15) is 13.2 Å². The minimum Gasteiger partial charge on any atom is -0.370 e. The number of para-hydroxylation sites is 1. The summed E-state index contributed by atoms with van der Waals surface area (Å²) in [5.74, 6) is -0.371. The molecule has 166 valence electrons. The molecule has 1 amide bonds. The molecule has 4 rings (SSSR count). The van der Waals surface area contributed by atoms with E-state index in [1.54, 1.807) is 16.4 Å². The number of carbonyl (C=O) groups excluding carboxylic acids is 1. The molecule has 0 aromatic heterocycles. The molecule has 2 saturated heterocycles. The summed E-state index contributed by atoms with van der Waals surface area (Å²) < 4.78 is 28.7. The lowest BCUT2D eigenvalue weighted by Crippen LogP contribution is -2.38. The first-order valence-electron chi connectivity index (χ1n) is 11.1. The molecular weight excluding hydrogens is 412 g/mol. The molecule has 0 bridgehead atoms. The van der Waals surface area contributed by atoms with Crippen LogP contribution in [0.15, 0.2) is 53.4 Å². The van der Waals surface area contributed by atoms with Crippen molar-refractivity contribution in [3.05, 3.63) is 54.1 Å². The van der Waals surface area contributed by atoms with Crippen molar-refractivity contribution in [1.82, 2.24) is 9.73 Å². The maximum Gasteiger partial charge on any atom is 0.269 e. The Bertz CT molecular complexity index is 999. The Balaban J connectivity index is 1.63. The molecule has 2 heterocycles. The van der Waals surface area contributed by atoms with Gasteiger partial charge in [-0.1, -0.05) is 24.6 Å². The van der Waals surface area contributed by atoms with Crippen molar-refractivity contribution >= 4 is 27.3 Å². The van der Waals surface area contributed by atoms with E-state index in [0.717, 1.165) is 57.3 Å². The van der Waals surface area contributed by atoms with Crippen LogP contribution >= 0.6 is 0 Å². The number of nitrogens with one attached hydrogen (secondary N) is 2. The Kier molecular flexibility index (Phi) is 6.77. The molecule has 0 spiro atoms. The van der Waals surface area contributed by atoms with Crippen molar-refractivity contribution in [1.29, 1.82) is 0 Å². The number of amides is 1. The van der Waals surface area contributed by atoms with E-state index >= 15 is 0 Å². The van der Waals surface area contributed by atoms with Gasteiger partial charge in [0.15, 0.2) is 0 Å². The highest BCUT2D eigenvalue weighted by Crippen LogP contribution is 2.32. The van der Waals surface area contributed by atoms with Gasteiger partial charge in [0.2, 0.25) is 10.0 Å². The highest BCUT2D eigenvalue weighted by Gasteiger charge is 2.31. The number of piperidine rings is 2. The van der Waals surface area contributed by atoms with Crippen molar-refractivity contribution in [2.24, 2.45) is 0 Å². The monoisotopic (exact) mass is 442 g/mol. The zero-order valence-corrected chi connectivity index (χ0v) is 18.5. The lowest BCUT2D eigenvalue weighted by atomic mass is 10.1. The number of rotatable bonds is 6. The lowest BCUT2D eigenvalue weighted by molar-refractivity contribution is 0.0962. The zero-order valence-electron chi connectivity index (χ0n) is 17.7. The second kappa shape index (κ2) is 9.70. The van der Waals surface area contributed by atoms with Gasteiger partial charge in [-0.3, -0.25) is 15.6 Å². The largest absolute Gasteiger partial charge is 0.370 e. The third kappa shape index (κ3) is 5.02. The Morgan fingerprint density at radius 1 is 0.806 bits per heavy atom. The van der Waals surface area contributed by atoms with Crippen molar-refractivity contribution < 1.29 is 13.2 Å². The molecule has 0 saturated carbocycles. The SMILES string of the molecule is O=C(NNc1ccccc1)c1ccc(N2CCCCC2)c(S(=O)(=O)N2CCCCC2)c1. The molecule has 0 aliphatic carbocycles. The summed E-state index contributed by atoms with van der Waals surface area (Å²) in [5, 5.41) is 0. The minimum absolute atomic E-state index is 0.240. The van der Waals surface area contributed by atoms with Gasteiger partial charge < -0.3 is 4.90 Å². The average molecular weight is 443 g/mol. The third-order valence-electron chi connectivity index (χ3n) is 5.95. The van der Waals surface area contributed by atoms with Crippen LogP contribution in [0.2, 0.25) is 0 Å². The highest BCUT2D eigenvalue weighted by atomic mass is 32.2. The van der Waals surface area contributed by atoms with E-state index in [4.69, 9.17) is 0 Å². The maximum absolute atomic E-state index is 13.6. The van der Waals surface area contributed by atoms with Gasteiger partial charge >= 0.3 is 0 Å². The van der Waals surface area contributed by atoms with Gasteiger partial charge in [-0.2, -0.15) is 4.31 Å². The van der Waals surface area contributed by atoms with Gasteiger partial charge in [0, 0.05) is 31.7 Å². The number of nitrogens with zero attached hydrogens (tertiary/aromatic N) is 2. The summed E-state index contributed by atoms with van der Waals surface area (Å²) in [4.78, 5) is 15.1. The van der Waals surface area contributed by atoms with Crippen LogP contribution in [0, 0.1) is 0 Å². The summed E-state index contributed by atoms with van der Waals surface area (Å²) in [6.07, 6.45) is 6.06. The molecule has 0 radical (unpaired) electrons. The molecule has 2 aliphatic heterocycles. The molecule has 0 unspecified atom stereocenters. The van der Waals surface area contributed by atoms with E-state index in [0.29, 0.717) is 24.3 Å². The summed E-state index contributed by atoms with van der Waals surface area (Å²) in [5.41, 5.74) is 7.31. The van der Waals surface area contributed by atoms with Crippen molar-refractivity contribution in [3.8, 4) is 0 Å². The van der Waals surface area contributed by atoms with E-state index in [1.165, 1.54) is 6.07 Å². The molecule has 7 nitrogen and oxygen atoms in total. The summed E-state index contributed by atoms with van der Waals surface area (Å²) in [6.45, 7) is 2.74. The fraction of sp³-hybridized carbons (Fsp3) is 0.435. The van der Waals surface area contributed by atoms with Crippen molar-refractivity contribution in [2.45, 2.75) is 43.4 Å². The fourth-order valence-corrected chi connectivity index (χ4v) is 5.98. The van der Waals surface area contributed by atoms with Crippen LogP contribution in [0.1, 0.15) is 48.9 Å². The molecule has 2 aliphatic rings. The summed E-state index contributed by atoms with van der Waals surface area (Å²) in [6, 6.07) is 14.3. The van der Waals surface area contributed by atoms with Crippen LogP contribution in [0.3, 0.4) is 0 Å². The van der Waals surface area contributed by atoms with Gasteiger partial charge in [-0.05, 0) is 62.4 Å².